The Kier molecular flexibility index (Phi) is 5.73. The summed E-state index contributed by atoms with van der Waals surface area (Å²) in [5.41, 5.74) is 0. The highest BCUT2D eigenvalue weighted by Gasteiger charge is 1.94. The molecule has 0 bridgehead atoms. The molecule has 0 radical (unpaired) electrons. The normalized spacial score (nSPS) is 11.2. The maximum absolute atomic E-state index is 10.2. The molecule has 0 aromatic rings. The zero-order valence-corrected chi connectivity index (χ0v) is 7.98. The standard InChI is InChI=1S/C9H9NO6/c11-7(12)1-4-10(5-2-8(13)14)6-3-9(15)16/h1-6H,(H,11,12)(H,13,14)(H,15,16). The monoisotopic (exact) mass is 227 g/mol. The number of nitrogens with zero attached hydrogens (tertiary/aromatic N) is 1. The number of hydrogen-bond acceptors (Lipinski definition) is 4. The van der Waals surface area contributed by atoms with E-state index >= 15 is 0 Å². The SMILES string of the molecule is O=C(O)C=CN(C=CC(=O)O)C=CC(=O)O. The molecule has 86 valence electrons. The summed E-state index contributed by atoms with van der Waals surface area (Å²) in [5, 5.41) is 25.0. The lowest BCUT2D eigenvalue weighted by Gasteiger charge is -2.06. The van der Waals surface area contributed by atoms with Gasteiger partial charge in [0.15, 0.2) is 0 Å². The third-order valence-corrected chi connectivity index (χ3v) is 1.17. The van der Waals surface area contributed by atoms with Crippen LogP contribution in [0.2, 0.25) is 0 Å². The molecule has 0 atom stereocenters. The summed E-state index contributed by atoms with van der Waals surface area (Å²) in [4.78, 5) is 31.5. The molecule has 7 heteroatoms. The molecule has 0 unspecified atom stereocenters. The van der Waals surface area contributed by atoms with E-state index in [1.807, 2.05) is 0 Å². The number of carboxylic acids is 3. The second kappa shape index (κ2) is 6.82. The summed E-state index contributed by atoms with van der Waals surface area (Å²) in [6.07, 6.45) is 5.21. The van der Waals surface area contributed by atoms with E-state index in [0.29, 0.717) is 0 Å². The largest absolute Gasteiger partial charge is 0.478 e. The van der Waals surface area contributed by atoms with E-state index in [1.165, 1.54) is 0 Å². The molecule has 16 heavy (non-hydrogen) atoms. The van der Waals surface area contributed by atoms with Crippen LogP contribution in [0.15, 0.2) is 36.8 Å². The molecule has 0 aromatic carbocycles. The topological polar surface area (TPSA) is 115 Å². The van der Waals surface area contributed by atoms with Gasteiger partial charge in [0.05, 0.1) is 0 Å². The molecule has 0 aliphatic carbocycles. The Hall–Kier alpha value is -2.57. The predicted molar refractivity (Wildman–Crippen MR) is 52.2 cm³/mol. The summed E-state index contributed by atoms with van der Waals surface area (Å²) in [5.74, 6) is -3.72. The minimum atomic E-state index is -1.24. The van der Waals surface area contributed by atoms with Crippen molar-refractivity contribution in [3.8, 4) is 0 Å². The third kappa shape index (κ3) is 8.05. The molecule has 0 aliphatic rings. The number of rotatable bonds is 6. The summed E-state index contributed by atoms with van der Waals surface area (Å²) >= 11 is 0. The minimum absolute atomic E-state index is 0.735. The highest BCUT2D eigenvalue weighted by atomic mass is 16.4. The molecule has 0 fully saturated rings. The molecule has 0 aliphatic heterocycles. The van der Waals surface area contributed by atoms with E-state index in [1.54, 1.807) is 0 Å². The Morgan fingerprint density at radius 1 is 0.688 bits per heavy atom. The van der Waals surface area contributed by atoms with Gasteiger partial charge in [-0.15, -0.1) is 0 Å². The fraction of sp³-hybridized carbons (Fsp3) is 0. The van der Waals surface area contributed by atoms with Crippen LogP contribution >= 0.6 is 0 Å². The first-order valence-electron chi connectivity index (χ1n) is 3.92. The van der Waals surface area contributed by atoms with Crippen LogP contribution in [-0.2, 0) is 14.4 Å². The van der Waals surface area contributed by atoms with Crippen molar-refractivity contribution in [3.63, 3.8) is 0 Å². The van der Waals surface area contributed by atoms with Gasteiger partial charge in [-0.1, -0.05) is 0 Å². The van der Waals surface area contributed by atoms with E-state index in [4.69, 9.17) is 15.3 Å². The second-order valence-electron chi connectivity index (χ2n) is 2.41. The van der Waals surface area contributed by atoms with Crippen molar-refractivity contribution in [2.24, 2.45) is 0 Å². The zero-order valence-electron chi connectivity index (χ0n) is 7.98. The lowest BCUT2D eigenvalue weighted by atomic mass is 10.5. The Labute approximate surface area is 90.2 Å². The van der Waals surface area contributed by atoms with Crippen molar-refractivity contribution in [2.45, 2.75) is 0 Å². The Morgan fingerprint density at radius 2 is 0.938 bits per heavy atom. The summed E-state index contributed by atoms with van der Waals surface area (Å²) in [7, 11) is 0. The van der Waals surface area contributed by atoms with E-state index in [-0.39, 0.29) is 0 Å². The maximum atomic E-state index is 10.2. The van der Waals surface area contributed by atoms with E-state index < -0.39 is 17.9 Å². The van der Waals surface area contributed by atoms with E-state index in [0.717, 1.165) is 41.7 Å². The lowest BCUT2D eigenvalue weighted by molar-refractivity contribution is -0.132. The molecular weight excluding hydrogens is 218 g/mol. The molecule has 0 saturated heterocycles. The van der Waals surface area contributed by atoms with Gasteiger partial charge in [-0.25, -0.2) is 14.4 Å². The van der Waals surface area contributed by atoms with Crippen molar-refractivity contribution < 1.29 is 29.7 Å². The van der Waals surface area contributed by atoms with Crippen molar-refractivity contribution >= 4 is 17.9 Å². The number of aliphatic carboxylic acids is 3. The first kappa shape index (κ1) is 13.4. The fourth-order valence-corrected chi connectivity index (χ4v) is 0.599. The van der Waals surface area contributed by atoms with Gasteiger partial charge < -0.3 is 20.2 Å². The lowest BCUT2D eigenvalue weighted by Crippen LogP contribution is -2.04. The van der Waals surface area contributed by atoms with Crippen LogP contribution in [0.25, 0.3) is 0 Å². The zero-order chi connectivity index (χ0) is 12.6. The van der Waals surface area contributed by atoms with Crippen LogP contribution in [0.3, 0.4) is 0 Å². The molecular formula is C9H9NO6. The van der Waals surface area contributed by atoms with Gasteiger partial charge in [0.1, 0.15) is 0 Å². The third-order valence-electron chi connectivity index (χ3n) is 1.17. The van der Waals surface area contributed by atoms with Gasteiger partial charge in [0.2, 0.25) is 0 Å². The van der Waals surface area contributed by atoms with Gasteiger partial charge in [-0.3, -0.25) is 0 Å². The predicted octanol–water partition coefficient (Wildman–Crippen LogP) is 0.0833. The van der Waals surface area contributed by atoms with Crippen molar-refractivity contribution in [1.29, 1.82) is 0 Å². The minimum Gasteiger partial charge on any atom is -0.478 e. The molecule has 0 heterocycles. The number of carbonyl (C=O) groups is 3. The quantitative estimate of drug-likeness (QED) is 0.550. The van der Waals surface area contributed by atoms with E-state index in [2.05, 4.69) is 0 Å². The highest BCUT2D eigenvalue weighted by molar-refractivity contribution is 5.81. The van der Waals surface area contributed by atoms with Gasteiger partial charge in [0, 0.05) is 36.8 Å². The molecule has 0 amide bonds. The van der Waals surface area contributed by atoms with Crippen LogP contribution in [0.5, 0.6) is 0 Å². The first-order valence-corrected chi connectivity index (χ1v) is 3.92. The van der Waals surface area contributed by atoms with Crippen LogP contribution < -0.4 is 0 Å². The van der Waals surface area contributed by atoms with Crippen molar-refractivity contribution in [2.75, 3.05) is 0 Å². The Balaban J connectivity index is 4.69. The van der Waals surface area contributed by atoms with Gasteiger partial charge in [-0.05, 0) is 0 Å². The van der Waals surface area contributed by atoms with E-state index in [9.17, 15) is 14.4 Å². The smallest absolute Gasteiger partial charge is 0.329 e. The van der Waals surface area contributed by atoms with Crippen LogP contribution in [0.1, 0.15) is 0 Å². The molecule has 0 saturated carbocycles. The molecule has 0 spiro atoms. The molecule has 3 N–H and O–H groups in total. The first-order chi connectivity index (χ1) is 7.41. The maximum Gasteiger partial charge on any atom is 0.329 e. The van der Waals surface area contributed by atoms with Crippen LogP contribution in [0.4, 0.5) is 0 Å². The van der Waals surface area contributed by atoms with Gasteiger partial charge >= 0.3 is 17.9 Å². The molecule has 0 aromatic heterocycles. The highest BCUT2D eigenvalue weighted by Crippen LogP contribution is 1.94. The molecule has 0 rings (SSSR count). The second-order valence-corrected chi connectivity index (χ2v) is 2.41. The van der Waals surface area contributed by atoms with Crippen molar-refractivity contribution in [3.05, 3.63) is 36.8 Å². The van der Waals surface area contributed by atoms with Crippen LogP contribution in [-0.4, -0.2) is 38.1 Å². The Morgan fingerprint density at radius 3 is 1.12 bits per heavy atom. The molecule has 7 nitrogen and oxygen atoms in total. The average molecular weight is 227 g/mol. The summed E-state index contributed by atoms with van der Waals surface area (Å²) in [6.45, 7) is 0. The van der Waals surface area contributed by atoms with Gasteiger partial charge in [0.25, 0.3) is 0 Å². The number of hydrogen-bond donors (Lipinski definition) is 3. The summed E-state index contributed by atoms with van der Waals surface area (Å²) in [6, 6.07) is 0. The van der Waals surface area contributed by atoms with Crippen LogP contribution in [0, 0.1) is 0 Å². The average Bonchev–Trinajstić information content (AvgIpc) is 2.15. The van der Waals surface area contributed by atoms with Crippen molar-refractivity contribution in [1.82, 2.24) is 4.90 Å². The summed E-state index contributed by atoms with van der Waals surface area (Å²) < 4.78 is 0. The fourth-order valence-electron chi connectivity index (χ4n) is 0.599. The van der Waals surface area contributed by atoms with Gasteiger partial charge in [-0.2, -0.15) is 0 Å². The Bertz CT molecular complexity index is 311. The number of carboxylic acid groups (broad SMARTS) is 3.